The molecule has 0 bridgehead atoms. The average molecular weight is 232 g/mol. The molecule has 1 fully saturated rings. The number of hydrogen-bond acceptors (Lipinski definition) is 3. The van der Waals surface area contributed by atoms with Crippen LogP contribution in [-0.2, 0) is 4.79 Å². The minimum Gasteiger partial charge on any atom is -0.322 e. The first-order chi connectivity index (χ1) is 6.66. The summed E-state index contributed by atoms with van der Waals surface area (Å²) in [6.07, 6.45) is 3.29. The Balaban J connectivity index is 2.11. The molecular weight excluding hydrogens is 225 g/mol. The quantitative estimate of drug-likeness (QED) is 0.627. The fourth-order valence-electron chi connectivity index (χ4n) is 1.01. The third-order valence-electron chi connectivity index (χ3n) is 1.92. The van der Waals surface area contributed by atoms with Crippen LogP contribution in [0.25, 0.3) is 0 Å². The number of rotatable bonds is 2. The van der Waals surface area contributed by atoms with Gasteiger partial charge in [-0.15, -0.1) is 0 Å². The molecule has 1 aliphatic rings. The van der Waals surface area contributed by atoms with Gasteiger partial charge < -0.3 is 5.32 Å². The predicted molar refractivity (Wildman–Crippen MR) is 53.4 cm³/mol. The Bertz CT molecular complexity index is 379. The summed E-state index contributed by atoms with van der Waals surface area (Å²) < 4.78 is 0. The summed E-state index contributed by atoms with van der Waals surface area (Å²) in [5.74, 6) is 0.0968. The molecule has 1 amide bonds. The first-order valence-corrected chi connectivity index (χ1v) is 4.91. The zero-order valence-electron chi connectivity index (χ0n) is 7.13. The van der Waals surface area contributed by atoms with Gasteiger partial charge in [-0.1, -0.05) is 11.6 Å². The van der Waals surface area contributed by atoms with E-state index in [1.54, 1.807) is 0 Å². The van der Waals surface area contributed by atoms with E-state index in [0.29, 0.717) is 5.69 Å². The summed E-state index contributed by atoms with van der Waals surface area (Å²) >= 11 is 11.3. The van der Waals surface area contributed by atoms with E-state index in [1.165, 1.54) is 6.20 Å². The normalized spacial score (nSPS) is 15.3. The molecule has 0 aliphatic heterocycles. The van der Waals surface area contributed by atoms with Crippen LogP contribution in [0.3, 0.4) is 0 Å². The highest BCUT2D eigenvalue weighted by Gasteiger charge is 2.30. The molecule has 6 heteroatoms. The van der Waals surface area contributed by atoms with E-state index in [-0.39, 0.29) is 22.3 Å². The van der Waals surface area contributed by atoms with Crippen LogP contribution in [-0.4, -0.2) is 15.9 Å². The zero-order valence-corrected chi connectivity index (χ0v) is 8.64. The Hall–Kier alpha value is -0.870. The molecule has 0 aromatic carbocycles. The Labute approximate surface area is 90.6 Å². The van der Waals surface area contributed by atoms with Gasteiger partial charge in [0.2, 0.25) is 11.2 Å². The lowest BCUT2D eigenvalue weighted by Gasteiger charge is -2.04. The zero-order chi connectivity index (χ0) is 10.1. The molecule has 0 unspecified atom stereocenters. The summed E-state index contributed by atoms with van der Waals surface area (Å²) in [6.45, 7) is 0. The highest BCUT2D eigenvalue weighted by molar-refractivity contribution is 6.34. The van der Waals surface area contributed by atoms with Crippen molar-refractivity contribution in [2.75, 3.05) is 5.32 Å². The van der Waals surface area contributed by atoms with E-state index in [0.717, 1.165) is 12.8 Å². The van der Waals surface area contributed by atoms with Gasteiger partial charge in [-0.05, 0) is 24.4 Å². The van der Waals surface area contributed by atoms with Crippen LogP contribution in [0.2, 0.25) is 10.4 Å². The molecule has 4 nitrogen and oxygen atoms in total. The monoisotopic (exact) mass is 231 g/mol. The minimum absolute atomic E-state index is 0.0298. The Morgan fingerprint density at radius 3 is 2.79 bits per heavy atom. The van der Waals surface area contributed by atoms with Crippen molar-refractivity contribution >= 4 is 34.8 Å². The molecule has 1 N–H and O–H groups in total. The first-order valence-electron chi connectivity index (χ1n) is 4.15. The molecule has 0 spiro atoms. The van der Waals surface area contributed by atoms with Crippen LogP contribution in [0.1, 0.15) is 12.8 Å². The van der Waals surface area contributed by atoms with Crippen LogP contribution in [0.5, 0.6) is 0 Å². The number of halogens is 2. The molecule has 1 saturated carbocycles. The van der Waals surface area contributed by atoms with Gasteiger partial charge >= 0.3 is 0 Å². The summed E-state index contributed by atoms with van der Waals surface area (Å²) in [5, 5.41) is 2.88. The van der Waals surface area contributed by atoms with Crippen molar-refractivity contribution in [3.8, 4) is 0 Å². The molecular formula is C8H7Cl2N3O. The molecule has 74 valence electrons. The summed E-state index contributed by atoms with van der Waals surface area (Å²) in [6, 6.07) is 0. The molecule has 1 aromatic heterocycles. The molecule has 14 heavy (non-hydrogen) atoms. The van der Waals surface area contributed by atoms with Crippen LogP contribution in [0.4, 0.5) is 5.69 Å². The molecule has 0 radical (unpaired) electrons. The maximum absolute atomic E-state index is 11.4. The molecule has 1 aromatic rings. The number of carbonyl (C=O) groups is 1. The Kier molecular flexibility index (Phi) is 2.56. The Morgan fingerprint density at radius 1 is 1.50 bits per heavy atom. The molecule has 1 aliphatic carbocycles. The van der Waals surface area contributed by atoms with Gasteiger partial charge in [0.15, 0.2) is 5.15 Å². The molecule has 1 heterocycles. The van der Waals surface area contributed by atoms with Crippen molar-refractivity contribution in [3.63, 3.8) is 0 Å². The highest BCUT2D eigenvalue weighted by Crippen LogP contribution is 2.31. The van der Waals surface area contributed by atoms with Gasteiger partial charge in [-0.2, -0.15) is 0 Å². The second-order valence-electron chi connectivity index (χ2n) is 3.11. The standard InChI is InChI=1S/C8H7Cl2N3O/c9-6-5(3-11-8(10)13-6)12-7(14)4-1-2-4/h3-4H,1-2H2,(H,12,14). The smallest absolute Gasteiger partial charge is 0.227 e. The molecule has 0 atom stereocenters. The number of carbonyl (C=O) groups excluding carboxylic acids is 1. The van der Waals surface area contributed by atoms with Crippen molar-refractivity contribution in [1.29, 1.82) is 0 Å². The number of anilines is 1. The SMILES string of the molecule is O=C(Nc1cnc(Cl)nc1Cl)C1CC1. The topological polar surface area (TPSA) is 54.9 Å². The average Bonchev–Trinajstić information content (AvgIpc) is 2.92. The Morgan fingerprint density at radius 2 is 2.21 bits per heavy atom. The van der Waals surface area contributed by atoms with Gasteiger partial charge in [0.25, 0.3) is 0 Å². The highest BCUT2D eigenvalue weighted by atomic mass is 35.5. The summed E-state index contributed by atoms with van der Waals surface area (Å²) in [7, 11) is 0. The van der Waals surface area contributed by atoms with Gasteiger partial charge in [0.1, 0.15) is 0 Å². The van der Waals surface area contributed by atoms with Crippen LogP contribution in [0, 0.1) is 5.92 Å². The third kappa shape index (κ3) is 2.13. The number of aromatic nitrogens is 2. The number of nitrogens with one attached hydrogen (secondary N) is 1. The van der Waals surface area contributed by atoms with E-state index in [9.17, 15) is 4.79 Å². The van der Waals surface area contributed by atoms with Gasteiger partial charge in [-0.25, -0.2) is 9.97 Å². The van der Waals surface area contributed by atoms with Gasteiger partial charge in [0.05, 0.1) is 11.9 Å². The first kappa shape index (κ1) is 9.68. The fourth-order valence-corrected chi connectivity index (χ4v) is 1.36. The largest absolute Gasteiger partial charge is 0.322 e. The second-order valence-corrected chi connectivity index (χ2v) is 3.80. The van der Waals surface area contributed by atoms with Gasteiger partial charge in [-0.3, -0.25) is 4.79 Å². The van der Waals surface area contributed by atoms with E-state index in [1.807, 2.05) is 0 Å². The van der Waals surface area contributed by atoms with Gasteiger partial charge in [0, 0.05) is 5.92 Å². The number of amides is 1. The van der Waals surface area contributed by atoms with Crippen LogP contribution in [0.15, 0.2) is 6.20 Å². The van der Waals surface area contributed by atoms with Crippen LogP contribution < -0.4 is 5.32 Å². The lowest BCUT2D eigenvalue weighted by molar-refractivity contribution is -0.117. The van der Waals surface area contributed by atoms with E-state index < -0.39 is 0 Å². The third-order valence-corrected chi connectivity index (χ3v) is 2.39. The minimum atomic E-state index is -0.0298. The lowest BCUT2D eigenvalue weighted by Crippen LogP contribution is -2.14. The molecule has 0 saturated heterocycles. The lowest BCUT2D eigenvalue weighted by atomic mass is 10.4. The summed E-state index contributed by atoms with van der Waals surface area (Å²) in [5.41, 5.74) is 0.410. The van der Waals surface area contributed by atoms with Crippen molar-refractivity contribution in [1.82, 2.24) is 9.97 Å². The molecule has 2 rings (SSSR count). The number of nitrogens with zero attached hydrogens (tertiary/aromatic N) is 2. The van der Waals surface area contributed by atoms with Crippen molar-refractivity contribution in [3.05, 3.63) is 16.6 Å². The second kappa shape index (κ2) is 3.71. The van der Waals surface area contributed by atoms with Crippen molar-refractivity contribution in [2.45, 2.75) is 12.8 Å². The van der Waals surface area contributed by atoms with E-state index >= 15 is 0 Å². The maximum Gasteiger partial charge on any atom is 0.227 e. The van der Waals surface area contributed by atoms with Crippen LogP contribution >= 0.6 is 23.2 Å². The van der Waals surface area contributed by atoms with E-state index in [2.05, 4.69) is 15.3 Å². The predicted octanol–water partition coefficient (Wildman–Crippen LogP) is 2.13. The fraction of sp³-hybridized carbons (Fsp3) is 0.375. The van der Waals surface area contributed by atoms with Crippen molar-refractivity contribution in [2.24, 2.45) is 5.92 Å². The maximum atomic E-state index is 11.4. The van der Waals surface area contributed by atoms with Crippen molar-refractivity contribution < 1.29 is 4.79 Å². The number of hydrogen-bond donors (Lipinski definition) is 1. The van der Waals surface area contributed by atoms with E-state index in [4.69, 9.17) is 23.2 Å². The summed E-state index contributed by atoms with van der Waals surface area (Å²) in [4.78, 5) is 18.8.